The van der Waals surface area contributed by atoms with Gasteiger partial charge in [0.05, 0.1) is 20.8 Å². The molecule has 0 radical (unpaired) electrons. The average Bonchev–Trinajstić information content (AvgIpc) is 2.87. The Hall–Kier alpha value is -1.79. The molecular formula is C17H20BrNO4. The minimum atomic E-state index is -0.381. The van der Waals surface area contributed by atoms with E-state index in [4.69, 9.17) is 13.9 Å². The van der Waals surface area contributed by atoms with Gasteiger partial charge in [-0.05, 0) is 38.2 Å². The summed E-state index contributed by atoms with van der Waals surface area (Å²) < 4.78 is 16.8. The molecule has 0 fully saturated rings. The zero-order valence-corrected chi connectivity index (χ0v) is 15.3. The summed E-state index contributed by atoms with van der Waals surface area (Å²) in [5.41, 5.74) is 1.54. The summed E-state index contributed by atoms with van der Waals surface area (Å²) in [5.74, 6) is 1.75. The van der Waals surface area contributed by atoms with Crippen molar-refractivity contribution < 1.29 is 18.7 Å². The Bertz CT molecular complexity index is 696. The van der Waals surface area contributed by atoms with Crippen molar-refractivity contribution in [3.63, 3.8) is 0 Å². The van der Waals surface area contributed by atoms with E-state index in [0.29, 0.717) is 24.4 Å². The lowest BCUT2D eigenvalue weighted by Crippen LogP contribution is -2.17. The van der Waals surface area contributed by atoms with Crippen LogP contribution < -0.4 is 4.74 Å². The number of methoxy groups -OCH3 is 2. The Labute approximate surface area is 144 Å². The third-order valence-electron chi connectivity index (χ3n) is 3.48. The summed E-state index contributed by atoms with van der Waals surface area (Å²) in [6.07, 6.45) is 0. The standard InChI is InChI=1S/C17H20BrNO4/c1-11-15(17(20)22-4)8-14(23-11)10-19(2)9-12-7-13(18)5-6-16(12)21-3/h5-8H,9-10H2,1-4H3. The van der Waals surface area contributed by atoms with Crippen molar-refractivity contribution in [2.24, 2.45) is 0 Å². The van der Waals surface area contributed by atoms with Gasteiger partial charge in [-0.15, -0.1) is 0 Å². The first-order chi connectivity index (χ1) is 10.9. The Morgan fingerprint density at radius 2 is 2.00 bits per heavy atom. The molecule has 0 saturated carbocycles. The van der Waals surface area contributed by atoms with Crippen LogP contribution in [0.3, 0.4) is 0 Å². The number of aryl methyl sites for hydroxylation is 1. The van der Waals surface area contributed by atoms with Crippen molar-refractivity contribution in [2.45, 2.75) is 20.0 Å². The number of nitrogens with zero attached hydrogens (tertiary/aromatic N) is 1. The van der Waals surface area contributed by atoms with Crippen LogP contribution in [0.2, 0.25) is 0 Å². The van der Waals surface area contributed by atoms with Gasteiger partial charge in [0.1, 0.15) is 22.8 Å². The Balaban J connectivity index is 2.09. The molecule has 1 heterocycles. The van der Waals surface area contributed by atoms with Gasteiger partial charge in [0.25, 0.3) is 0 Å². The van der Waals surface area contributed by atoms with Gasteiger partial charge < -0.3 is 13.9 Å². The quantitative estimate of drug-likeness (QED) is 0.712. The van der Waals surface area contributed by atoms with Gasteiger partial charge in [-0.3, -0.25) is 4.90 Å². The number of furan rings is 1. The molecule has 124 valence electrons. The van der Waals surface area contributed by atoms with E-state index in [1.54, 1.807) is 20.1 Å². The fraction of sp³-hybridized carbons (Fsp3) is 0.353. The predicted molar refractivity (Wildman–Crippen MR) is 90.6 cm³/mol. The summed E-state index contributed by atoms with van der Waals surface area (Å²) in [7, 11) is 5.00. The molecule has 2 aromatic rings. The van der Waals surface area contributed by atoms with Crippen molar-refractivity contribution >= 4 is 21.9 Å². The summed E-state index contributed by atoms with van der Waals surface area (Å²) in [5, 5.41) is 0. The first kappa shape index (κ1) is 17.6. The van der Waals surface area contributed by atoms with Gasteiger partial charge in [-0.1, -0.05) is 15.9 Å². The Morgan fingerprint density at radius 3 is 2.65 bits per heavy atom. The first-order valence-corrected chi connectivity index (χ1v) is 7.92. The average molecular weight is 382 g/mol. The number of esters is 1. The van der Waals surface area contributed by atoms with Gasteiger partial charge in [0.15, 0.2) is 0 Å². The summed E-state index contributed by atoms with van der Waals surface area (Å²) >= 11 is 3.48. The van der Waals surface area contributed by atoms with Gasteiger partial charge in [0, 0.05) is 16.6 Å². The minimum absolute atomic E-state index is 0.381. The maximum absolute atomic E-state index is 11.6. The van der Waals surface area contributed by atoms with Crippen LogP contribution in [0.1, 0.15) is 27.4 Å². The lowest BCUT2D eigenvalue weighted by Gasteiger charge is -2.17. The van der Waals surface area contributed by atoms with Crippen molar-refractivity contribution in [3.05, 3.63) is 51.4 Å². The number of hydrogen-bond donors (Lipinski definition) is 0. The number of halogens is 1. The van der Waals surface area contributed by atoms with Crippen molar-refractivity contribution in [1.29, 1.82) is 0 Å². The summed E-state index contributed by atoms with van der Waals surface area (Å²) in [4.78, 5) is 13.7. The van der Waals surface area contributed by atoms with E-state index in [2.05, 4.69) is 20.8 Å². The predicted octanol–water partition coefficient (Wildman–Crippen LogP) is 3.78. The molecule has 1 aromatic heterocycles. The molecule has 0 aliphatic rings. The van der Waals surface area contributed by atoms with Crippen LogP contribution in [0, 0.1) is 6.92 Å². The van der Waals surface area contributed by atoms with Crippen LogP contribution in [-0.4, -0.2) is 32.1 Å². The monoisotopic (exact) mass is 381 g/mol. The Morgan fingerprint density at radius 1 is 1.26 bits per heavy atom. The van der Waals surface area contributed by atoms with E-state index >= 15 is 0 Å². The van der Waals surface area contributed by atoms with E-state index in [0.717, 1.165) is 21.5 Å². The number of benzene rings is 1. The van der Waals surface area contributed by atoms with Crippen LogP contribution in [0.5, 0.6) is 5.75 Å². The molecule has 0 aliphatic heterocycles. The molecule has 6 heteroatoms. The number of carbonyl (C=O) groups excluding carboxylic acids is 1. The molecule has 2 rings (SSSR count). The van der Waals surface area contributed by atoms with Crippen molar-refractivity contribution in [2.75, 3.05) is 21.3 Å². The topological polar surface area (TPSA) is 51.9 Å². The third kappa shape index (κ3) is 4.36. The molecular weight excluding hydrogens is 362 g/mol. The second-order valence-corrected chi connectivity index (χ2v) is 6.22. The van der Waals surface area contributed by atoms with E-state index < -0.39 is 0 Å². The van der Waals surface area contributed by atoms with Crippen LogP contribution in [-0.2, 0) is 17.8 Å². The molecule has 0 saturated heterocycles. The van der Waals surface area contributed by atoms with Crippen LogP contribution in [0.25, 0.3) is 0 Å². The molecule has 0 spiro atoms. The molecule has 5 nitrogen and oxygen atoms in total. The highest BCUT2D eigenvalue weighted by atomic mass is 79.9. The fourth-order valence-corrected chi connectivity index (χ4v) is 2.83. The fourth-order valence-electron chi connectivity index (χ4n) is 2.42. The molecule has 0 atom stereocenters. The van der Waals surface area contributed by atoms with Crippen molar-refractivity contribution in [3.8, 4) is 5.75 Å². The molecule has 0 aliphatic carbocycles. The van der Waals surface area contributed by atoms with E-state index in [9.17, 15) is 4.79 Å². The maximum atomic E-state index is 11.6. The van der Waals surface area contributed by atoms with Crippen LogP contribution >= 0.6 is 15.9 Å². The van der Waals surface area contributed by atoms with E-state index in [-0.39, 0.29) is 5.97 Å². The number of rotatable bonds is 6. The first-order valence-electron chi connectivity index (χ1n) is 7.13. The van der Waals surface area contributed by atoms with Crippen LogP contribution in [0.4, 0.5) is 0 Å². The SMILES string of the molecule is COC(=O)c1cc(CN(C)Cc2cc(Br)ccc2OC)oc1C. The van der Waals surface area contributed by atoms with Crippen LogP contribution in [0.15, 0.2) is 33.2 Å². The number of ether oxygens (including phenoxy) is 2. The lowest BCUT2D eigenvalue weighted by molar-refractivity contribution is 0.0599. The molecule has 0 bridgehead atoms. The normalized spacial score (nSPS) is 10.9. The maximum Gasteiger partial charge on any atom is 0.341 e. The van der Waals surface area contributed by atoms with Gasteiger partial charge >= 0.3 is 5.97 Å². The minimum Gasteiger partial charge on any atom is -0.496 e. The molecule has 23 heavy (non-hydrogen) atoms. The van der Waals surface area contributed by atoms with Gasteiger partial charge in [-0.25, -0.2) is 4.79 Å². The van der Waals surface area contributed by atoms with Gasteiger partial charge in [0.2, 0.25) is 0 Å². The summed E-state index contributed by atoms with van der Waals surface area (Å²) in [6, 6.07) is 7.64. The third-order valence-corrected chi connectivity index (χ3v) is 3.98. The smallest absolute Gasteiger partial charge is 0.341 e. The van der Waals surface area contributed by atoms with Gasteiger partial charge in [-0.2, -0.15) is 0 Å². The highest BCUT2D eigenvalue weighted by molar-refractivity contribution is 9.10. The molecule has 0 unspecified atom stereocenters. The highest BCUT2D eigenvalue weighted by Crippen LogP contribution is 2.25. The van der Waals surface area contributed by atoms with E-state index in [1.165, 1.54) is 7.11 Å². The second kappa shape index (κ2) is 7.66. The number of carbonyl (C=O) groups is 1. The largest absolute Gasteiger partial charge is 0.496 e. The number of hydrogen-bond acceptors (Lipinski definition) is 5. The van der Waals surface area contributed by atoms with E-state index in [1.807, 2.05) is 25.2 Å². The zero-order valence-electron chi connectivity index (χ0n) is 13.7. The molecule has 0 amide bonds. The van der Waals surface area contributed by atoms with Crippen molar-refractivity contribution in [1.82, 2.24) is 4.90 Å². The lowest BCUT2D eigenvalue weighted by atomic mass is 10.2. The molecule has 0 N–H and O–H groups in total. The highest BCUT2D eigenvalue weighted by Gasteiger charge is 2.16. The Kier molecular flexibility index (Phi) is 5.85. The zero-order chi connectivity index (χ0) is 17.0. The molecule has 1 aromatic carbocycles. The second-order valence-electron chi connectivity index (χ2n) is 5.30. The summed E-state index contributed by atoms with van der Waals surface area (Å²) in [6.45, 7) is 3.02.